The third-order valence-electron chi connectivity index (χ3n) is 4.07. The Kier molecular flexibility index (Phi) is 4.25. The fraction of sp³-hybridized carbons (Fsp3) is 0.625. The van der Waals surface area contributed by atoms with Gasteiger partial charge in [-0.15, -0.1) is 0 Å². The molecule has 2 atom stereocenters. The van der Waals surface area contributed by atoms with Gasteiger partial charge in [-0.05, 0) is 39.3 Å². The van der Waals surface area contributed by atoms with Crippen molar-refractivity contribution in [2.75, 3.05) is 20.8 Å². The van der Waals surface area contributed by atoms with Crippen molar-refractivity contribution >= 4 is 0 Å². The first-order valence-electron chi connectivity index (χ1n) is 7.12. The van der Waals surface area contributed by atoms with E-state index in [0.717, 1.165) is 30.0 Å². The van der Waals surface area contributed by atoms with Gasteiger partial charge in [0.15, 0.2) is 0 Å². The third kappa shape index (κ3) is 2.76. The van der Waals surface area contributed by atoms with Gasteiger partial charge in [0.2, 0.25) is 0 Å². The van der Waals surface area contributed by atoms with Crippen LogP contribution < -0.4 is 15.2 Å². The van der Waals surface area contributed by atoms with Crippen LogP contribution in [0.2, 0.25) is 0 Å². The lowest BCUT2D eigenvalue weighted by atomic mass is 9.96. The molecule has 0 spiro atoms. The second-order valence-electron chi connectivity index (χ2n) is 6.37. The van der Waals surface area contributed by atoms with Gasteiger partial charge in [-0.2, -0.15) is 0 Å². The number of hydrogen-bond acceptors (Lipinski definition) is 4. The molecule has 1 fully saturated rings. The van der Waals surface area contributed by atoms with Gasteiger partial charge in [0.25, 0.3) is 0 Å². The summed E-state index contributed by atoms with van der Waals surface area (Å²) >= 11 is 0. The summed E-state index contributed by atoms with van der Waals surface area (Å²) in [5.41, 5.74) is 7.60. The third-order valence-corrected chi connectivity index (χ3v) is 4.07. The molecule has 1 heterocycles. The van der Waals surface area contributed by atoms with Gasteiger partial charge in [-0.3, -0.25) is 4.90 Å². The van der Waals surface area contributed by atoms with Gasteiger partial charge in [0, 0.05) is 29.8 Å². The smallest absolute Gasteiger partial charge is 0.127 e. The Morgan fingerprint density at radius 3 is 2.45 bits per heavy atom. The number of methoxy groups -OCH3 is 2. The molecule has 1 saturated heterocycles. The number of likely N-dealkylation sites (tertiary alicyclic amines) is 1. The van der Waals surface area contributed by atoms with Crippen molar-refractivity contribution in [3.05, 3.63) is 23.8 Å². The van der Waals surface area contributed by atoms with Crippen molar-refractivity contribution in [3.8, 4) is 11.5 Å². The molecule has 2 N–H and O–H groups in total. The summed E-state index contributed by atoms with van der Waals surface area (Å²) < 4.78 is 10.8. The molecule has 20 heavy (non-hydrogen) atoms. The molecule has 1 aliphatic heterocycles. The van der Waals surface area contributed by atoms with Crippen molar-refractivity contribution in [1.29, 1.82) is 0 Å². The SMILES string of the molecule is COc1ccc(C2C(N)CCN2C(C)(C)C)c(OC)c1. The van der Waals surface area contributed by atoms with Crippen molar-refractivity contribution < 1.29 is 9.47 Å². The molecule has 0 saturated carbocycles. The van der Waals surface area contributed by atoms with E-state index in [1.54, 1.807) is 14.2 Å². The molecule has 1 aliphatic rings. The van der Waals surface area contributed by atoms with E-state index >= 15 is 0 Å². The molecule has 0 amide bonds. The quantitative estimate of drug-likeness (QED) is 0.923. The van der Waals surface area contributed by atoms with Gasteiger partial charge in [-0.25, -0.2) is 0 Å². The molecule has 1 aromatic rings. The molecule has 2 rings (SSSR count). The van der Waals surface area contributed by atoms with Gasteiger partial charge < -0.3 is 15.2 Å². The lowest BCUT2D eigenvalue weighted by Crippen LogP contribution is -2.43. The summed E-state index contributed by atoms with van der Waals surface area (Å²) in [5, 5.41) is 0. The molecule has 0 aliphatic carbocycles. The van der Waals surface area contributed by atoms with Crippen molar-refractivity contribution in [3.63, 3.8) is 0 Å². The Morgan fingerprint density at radius 2 is 1.90 bits per heavy atom. The zero-order valence-electron chi connectivity index (χ0n) is 13.1. The normalized spacial score (nSPS) is 23.9. The van der Waals surface area contributed by atoms with Gasteiger partial charge in [-0.1, -0.05) is 0 Å². The summed E-state index contributed by atoms with van der Waals surface area (Å²) in [6.45, 7) is 7.71. The maximum atomic E-state index is 6.36. The van der Waals surface area contributed by atoms with Crippen LogP contribution in [0.25, 0.3) is 0 Å². The van der Waals surface area contributed by atoms with Gasteiger partial charge in [0.05, 0.1) is 20.3 Å². The molecular formula is C16H26N2O2. The Balaban J connectivity index is 2.42. The summed E-state index contributed by atoms with van der Waals surface area (Å²) in [7, 11) is 3.36. The first-order valence-corrected chi connectivity index (χ1v) is 7.12. The van der Waals surface area contributed by atoms with Crippen LogP contribution in [-0.2, 0) is 0 Å². The Hall–Kier alpha value is -1.26. The van der Waals surface area contributed by atoms with E-state index in [2.05, 4.69) is 31.7 Å². The zero-order valence-corrected chi connectivity index (χ0v) is 13.1. The molecule has 1 aromatic carbocycles. The van der Waals surface area contributed by atoms with E-state index in [1.165, 1.54) is 0 Å². The average Bonchev–Trinajstić information content (AvgIpc) is 2.79. The standard InChI is InChI=1S/C16H26N2O2/c1-16(2,3)18-9-8-13(17)15(18)12-7-6-11(19-4)10-14(12)20-5/h6-7,10,13,15H,8-9,17H2,1-5H3. The van der Waals surface area contributed by atoms with E-state index in [4.69, 9.17) is 15.2 Å². The first kappa shape index (κ1) is 15.1. The van der Waals surface area contributed by atoms with E-state index < -0.39 is 0 Å². The molecule has 0 radical (unpaired) electrons. The second-order valence-corrected chi connectivity index (χ2v) is 6.37. The maximum Gasteiger partial charge on any atom is 0.127 e. The van der Waals surface area contributed by atoms with E-state index in [9.17, 15) is 0 Å². The lowest BCUT2D eigenvalue weighted by Gasteiger charge is -2.38. The topological polar surface area (TPSA) is 47.7 Å². The minimum Gasteiger partial charge on any atom is -0.497 e. The lowest BCUT2D eigenvalue weighted by molar-refractivity contribution is 0.115. The summed E-state index contributed by atoms with van der Waals surface area (Å²) in [6.07, 6.45) is 1.01. The highest BCUT2D eigenvalue weighted by molar-refractivity contribution is 5.43. The highest BCUT2D eigenvalue weighted by atomic mass is 16.5. The monoisotopic (exact) mass is 278 g/mol. The van der Waals surface area contributed by atoms with E-state index in [0.29, 0.717) is 0 Å². The first-order chi connectivity index (χ1) is 9.38. The van der Waals surface area contributed by atoms with Crippen LogP contribution >= 0.6 is 0 Å². The van der Waals surface area contributed by atoms with Crippen LogP contribution in [-0.4, -0.2) is 37.2 Å². The van der Waals surface area contributed by atoms with Crippen molar-refractivity contribution in [1.82, 2.24) is 4.90 Å². The largest absolute Gasteiger partial charge is 0.497 e. The predicted molar refractivity (Wildman–Crippen MR) is 81.3 cm³/mol. The van der Waals surface area contributed by atoms with Crippen LogP contribution in [0.15, 0.2) is 18.2 Å². The average molecular weight is 278 g/mol. The summed E-state index contributed by atoms with van der Waals surface area (Å²) in [5.74, 6) is 1.65. The van der Waals surface area contributed by atoms with Crippen LogP contribution in [0.5, 0.6) is 11.5 Å². The maximum absolute atomic E-state index is 6.36. The Morgan fingerprint density at radius 1 is 1.20 bits per heavy atom. The fourth-order valence-electron chi connectivity index (χ4n) is 3.03. The zero-order chi connectivity index (χ0) is 14.9. The van der Waals surface area contributed by atoms with Crippen LogP contribution in [0.1, 0.15) is 38.8 Å². The highest BCUT2D eigenvalue weighted by Gasteiger charge is 2.40. The minimum absolute atomic E-state index is 0.0870. The molecule has 4 heteroatoms. The number of rotatable bonds is 3. The molecular weight excluding hydrogens is 252 g/mol. The van der Waals surface area contributed by atoms with Crippen LogP contribution in [0.3, 0.4) is 0 Å². The molecule has 112 valence electrons. The molecule has 2 unspecified atom stereocenters. The van der Waals surface area contributed by atoms with Crippen LogP contribution in [0, 0.1) is 0 Å². The Bertz CT molecular complexity index is 468. The number of benzene rings is 1. The highest BCUT2D eigenvalue weighted by Crippen LogP contribution is 2.41. The van der Waals surface area contributed by atoms with Crippen molar-refractivity contribution in [2.24, 2.45) is 5.73 Å². The van der Waals surface area contributed by atoms with Crippen molar-refractivity contribution in [2.45, 2.75) is 44.8 Å². The number of hydrogen-bond donors (Lipinski definition) is 1. The number of ether oxygens (including phenoxy) is 2. The van der Waals surface area contributed by atoms with Gasteiger partial charge >= 0.3 is 0 Å². The fourth-order valence-corrected chi connectivity index (χ4v) is 3.03. The summed E-state index contributed by atoms with van der Waals surface area (Å²) in [6, 6.07) is 6.31. The minimum atomic E-state index is 0.0870. The molecule has 0 bridgehead atoms. The van der Waals surface area contributed by atoms with Gasteiger partial charge in [0.1, 0.15) is 11.5 Å². The predicted octanol–water partition coefficient (Wildman–Crippen LogP) is 2.58. The summed E-state index contributed by atoms with van der Waals surface area (Å²) in [4.78, 5) is 2.46. The van der Waals surface area contributed by atoms with Crippen LogP contribution in [0.4, 0.5) is 0 Å². The number of nitrogens with zero attached hydrogens (tertiary/aromatic N) is 1. The van der Waals surface area contributed by atoms with E-state index in [-0.39, 0.29) is 17.6 Å². The number of nitrogens with two attached hydrogens (primary N) is 1. The molecule has 4 nitrogen and oxygen atoms in total. The molecule has 0 aromatic heterocycles. The Labute approximate surface area is 121 Å². The van der Waals surface area contributed by atoms with E-state index in [1.807, 2.05) is 12.1 Å². The second kappa shape index (κ2) is 5.62.